The number of piperidine rings is 1. The van der Waals surface area contributed by atoms with E-state index in [4.69, 9.17) is 11.6 Å². The molecule has 0 aromatic heterocycles. The molecule has 1 aliphatic heterocycles. The van der Waals surface area contributed by atoms with Crippen LogP contribution in [0.4, 0.5) is 0 Å². The lowest BCUT2D eigenvalue weighted by atomic mass is 9.99. The summed E-state index contributed by atoms with van der Waals surface area (Å²) in [7, 11) is 0. The molecule has 0 bridgehead atoms. The van der Waals surface area contributed by atoms with Crippen LogP contribution in [-0.4, -0.2) is 31.1 Å². The van der Waals surface area contributed by atoms with E-state index in [1.54, 1.807) is 0 Å². The Bertz CT molecular complexity index is 411. The van der Waals surface area contributed by atoms with Gasteiger partial charge in [0.2, 0.25) is 0 Å². The van der Waals surface area contributed by atoms with E-state index >= 15 is 0 Å². The van der Waals surface area contributed by atoms with Gasteiger partial charge in [-0.05, 0) is 75.5 Å². The Morgan fingerprint density at radius 2 is 2.05 bits per heavy atom. The molecular formula is C17H27ClN2. The number of nitrogens with zero attached hydrogens (tertiary/aromatic N) is 1. The van der Waals surface area contributed by atoms with Crippen molar-refractivity contribution >= 4 is 11.6 Å². The lowest BCUT2D eigenvalue weighted by Gasteiger charge is -2.30. The normalized spacial score (nSPS) is 17.6. The first-order valence-corrected chi connectivity index (χ1v) is 8.21. The molecule has 1 heterocycles. The van der Waals surface area contributed by atoms with E-state index in [1.807, 2.05) is 6.92 Å². The highest BCUT2D eigenvalue weighted by Crippen LogP contribution is 2.17. The van der Waals surface area contributed by atoms with Gasteiger partial charge in [0.05, 0.1) is 0 Å². The number of likely N-dealkylation sites (tertiary alicyclic amines) is 1. The number of hydrogen-bond acceptors (Lipinski definition) is 2. The smallest absolute Gasteiger partial charge is 0.0438 e. The second-order valence-corrected chi connectivity index (χ2v) is 6.55. The van der Waals surface area contributed by atoms with Crippen molar-refractivity contribution < 1.29 is 0 Å². The molecular weight excluding hydrogens is 268 g/mol. The maximum atomic E-state index is 6.13. The number of halogens is 1. The minimum Gasteiger partial charge on any atom is -0.313 e. The quantitative estimate of drug-likeness (QED) is 0.802. The molecule has 1 aromatic rings. The first-order valence-electron chi connectivity index (χ1n) is 7.83. The molecule has 20 heavy (non-hydrogen) atoms. The van der Waals surface area contributed by atoms with E-state index in [0.29, 0.717) is 0 Å². The second-order valence-electron chi connectivity index (χ2n) is 6.14. The summed E-state index contributed by atoms with van der Waals surface area (Å²) >= 11 is 6.13. The van der Waals surface area contributed by atoms with E-state index in [1.165, 1.54) is 44.5 Å². The molecule has 3 heteroatoms. The zero-order chi connectivity index (χ0) is 14.4. The largest absolute Gasteiger partial charge is 0.313 e. The van der Waals surface area contributed by atoms with Crippen molar-refractivity contribution in [3.05, 3.63) is 34.3 Å². The molecule has 0 amide bonds. The van der Waals surface area contributed by atoms with Crippen LogP contribution in [0.3, 0.4) is 0 Å². The Morgan fingerprint density at radius 3 is 2.75 bits per heavy atom. The van der Waals surface area contributed by atoms with Crippen LogP contribution in [0.15, 0.2) is 18.2 Å². The van der Waals surface area contributed by atoms with Gasteiger partial charge in [0.1, 0.15) is 0 Å². The number of nitrogens with one attached hydrogen (secondary N) is 1. The lowest BCUT2D eigenvalue weighted by molar-refractivity contribution is 0.190. The Morgan fingerprint density at radius 1 is 1.30 bits per heavy atom. The van der Waals surface area contributed by atoms with Gasteiger partial charge in [0, 0.05) is 11.6 Å². The molecule has 1 saturated heterocycles. The highest BCUT2D eigenvalue weighted by Gasteiger charge is 2.14. The fraction of sp³-hybridized carbons (Fsp3) is 0.647. The Kier molecular flexibility index (Phi) is 6.34. The van der Waals surface area contributed by atoms with Crippen molar-refractivity contribution in [3.63, 3.8) is 0 Å². The van der Waals surface area contributed by atoms with E-state index < -0.39 is 0 Å². The maximum Gasteiger partial charge on any atom is 0.0438 e. The van der Waals surface area contributed by atoms with Gasteiger partial charge < -0.3 is 10.2 Å². The predicted molar refractivity (Wildman–Crippen MR) is 87.4 cm³/mol. The van der Waals surface area contributed by atoms with Gasteiger partial charge in [-0.15, -0.1) is 0 Å². The van der Waals surface area contributed by atoms with Gasteiger partial charge in [-0.2, -0.15) is 0 Å². The molecule has 1 N–H and O–H groups in total. The molecule has 0 unspecified atom stereocenters. The van der Waals surface area contributed by atoms with Gasteiger partial charge in [-0.25, -0.2) is 0 Å². The summed E-state index contributed by atoms with van der Waals surface area (Å²) in [6, 6.07) is 6.31. The fourth-order valence-electron chi connectivity index (χ4n) is 2.69. The van der Waals surface area contributed by atoms with Crippen LogP contribution in [0.25, 0.3) is 0 Å². The topological polar surface area (TPSA) is 15.3 Å². The molecule has 2 rings (SSSR count). The van der Waals surface area contributed by atoms with Crippen molar-refractivity contribution in [3.8, 4) is 0 Å². The molecule has 1 aliphatic rings. The van der Waals surface area contributed by atoms with Crippen molar-refractivity contribution in [2.75, 3.05) is 26.2 Å². The summed E-state index contributed by atoms with van der Waals surface area (Å²) in [5.41, 5.74) is 2.42. The molecule has 0 saturated carbocycles. The van der Waals surface area contributed by atoms with Crippen LogP contribution in [-0.2, 0) is 6.54 Å². The Labute approximate surface area is 128 Å². The minimum absolute atomic E-state index is 0.867. The average Bonchev–Trinajstić information content (AvgIpc) is 2.44. The molecule has 112 valence electrons. The molecule has 0 atom stereocenters. The van der Waals surface area contributed by atoms with Gasteiger partial charge in [-0.3, -0.25) is 0 Å². The summed E-state index contributed by atoms with van der Waals surface area (Å²) in [6.07, 6.45) is 3.97. The van der Waals surface area contributed by atoms with Crippen LogP contribution >= 0.6 is 11.6 Å². The monoisotopic (exact) mass is 294 g/mol. The first kappa shape index (κ1) is 15.8. The zero-order valence-electron chi connectivity index (χ0n) is 12.8. The maximum absolute atomic E-state index is 6.13. The first-order chi connectivity index (χ1) is 9.65. The van der Waals surface area contributed by atoms with Crippen LogP contribution in [0.5, 0.6) is 0 Å². The summed E-state index contributed by atoms with van der Waals surface area (Å²) in [4.78, 5) is 2.60. The van der Waals surface area contributed by atoms with Gasteiger partial charge in [0.25, 0.3) is 0 Å². The minimum atomic E-state index is 0.867. The lowest BCUT2D eigenvalue weighted by Crippen LogP contribution is -2.34. The summed E-state index contributed by atoms with van der Waals surface area (Å²) in [6.45, 7) is 10.2. The van der Waals surface area contributed by atoms with Crippen LogP contribution in [0, 0.1) is 12.8 Å². The number of benzene rings is 1. The van der Waals surface area contributed by atoms with Gasteiger partial charge >= 0.3 is 0 Å². The van der Waals surface area contributed by atoms with E-state index in [-0.39, 0.29) is 0 Å². The number of hydrogen-bond donors (Lipinski definition) is 1. The van der Waals surface area contributed by atoms with E-state index in [0.717, 1.165) is 29.6 Å². The third-order valence-electron chi connectivity index (χ3n) is 4.27. The van der Waals surface area contributed by atoms with Crippen molar-refractivity contribution in [1.29, 1.82) is 0 Å². The van der Waals surface area contributed by atoms with Crippen molar-refractivity contribution in [1.82, 2.24) is 10.2 Å². The average molecular weight is 295 g/mol. The number of rotatable bonds is 6. The Balaban J connectivity index is 1.58. The summed E-state index contributed by atoms with van der Waals surface area (Å²) in [5.74, 6) is 0.927. The fourth-order valence-corrected chi connectivity index (χ4v) is 2.90. The summed E-state index contributed by atoms with van der Waals surface area (Å²) < 4.78 is 0. The zero-order valence-corrected chi connectivity index (χ0v) is 13.5. The second kappa shape index (κ2) is 8.02. The van der Waals surface area contributed by atoms with Crippen molar-refractivity contribution in [2.24, 2.45) is 5.92 Å². The van der Waals surface area contributed by atoms with Crippen LogP contribution < -0.4 is 5.32 Å². The van der Waals surface area contributed by atoms with E-state index in [2.05, 4.69) is 35.3 Å². The predicted octanol–water partition coefficient (Wildman–Crippen LogP) is 3.86. The van der Waals surface area contributed by atoms with Gasteiger partial charge in [0.15, 0.2) is 0 Å². The van der Waals surface area contributed by atoms with Crippen LogP contribution in [0.2, 0.25) is 5.02 Å². The van der Waals surface area contributed by atoms with E-state index in [9.17, 15) is 0 Å². The third-order valence-corrected chi connectivity index (χ3v) is 4.68. The molecule has 0 spiro atoms. The highest BCUT2D eigenvalue weighted by molar-refractivity contribution is 6.31. The molecule has 2 nitrogen and oxygen atoms in total. The molecule has 1 aromatic carbocycles. The number of aryl methyl sites for hydroxylation is 1. The summed E-state index contributed by atoms with van der Waals surface area (Å²) in [5, 5.41) is 4.38. The third kappa shape index (κ3) is 5.08. The molecule has 1 fully saturated rings. The Hall–Kier alpha value is -0.570. The highest BCUT2D eigenvalue weighted by atomic mass is 35.5. The SMILES string of the molecule is Cc1ccc(CNCCCN2CCC(C)CC2)cc1Cl. The van der Waals surface area contributed by atoms with Crippen molar-refractivity contribution in [2.45, 2.75) is 39.7 Å². The standard InChI is InChI=1S/C17H27ClN2/c1-14-6-10-20(11-7-14)9-3-8-19-13-16-5-4-15(2)17(18)12-16/h4-5,12,14,19H,3,6-11,13H2,1-2H3. The van der Waals surface area contributed by atoms with Crippen LogP contribution in [0.1, 0.15) is 37.3 Å². The molecule has 0 radical (unpaired) electrons. The van der Waals surface area contributed by atoms with Gasteiger partial charge in [-0.1, -0.05) is 30.7 Å². The molecule has 0 aliphatic carbocycles.